The highest BCUT2D eigenvalue weighted by Crippen LogP contribution is 2.26. The highest BCUT2D eigenvalue weighted by Gasteiger charge is 2.36. The van der Waals surface area contributed by atoms with E-state index in [4.69, 9.17) is 16.3 Å². The molecule has 3 nitrogen and oxygen atoms in total. The molecule has 104 valence electrons. The van der Waals surface area contributed by atoms with Crippen molar-refractivity contribution in [3.8, 4) is 0 Å². The summed E-state index contributed by atoms with van der Waals surface area (Å²) in [5.74, 6) is -0.393. The lowest BCUT2D eigenvalue weighted by Crippen LogP contribution is -2.36. The molecule has 0 fully saturated rings. The van der Waals surface area contributed by atoms with E-state index in [9.17, 15) is 9.59 Å². The van der Waals surface area contributed by atoms with E-state index < -0.39 is 11.4 Å². The zero-order chi connectivity index (χ0) is 14.5. The van der Waals surface area contributed by atoms with Gasteiger partial charge in [0.15, 0.2) is 5.78 Å². The van der Waals surface area contributed by atoms with Crippen LogP contribution in [0.1, 0.15) is 20.8 Å². The van der Waals surface area contributed by atoms with Crippen molar-refractivity contribution < 1.29 is 14.3 Å². The molecule has 0 bridgehead atoms. The van der Waals surface area contributed by atoms with Crippen molar-refractivity contribution in [2.24, 2.45) is 5.41 Å². The third-order valence-corrected chi connectivity index (χ3v) is 3.93. The van der Waals surface area contributed by atoms with Crippen LogP contribution in [0.3, 0.4) is 0 Å². The number of ketones is 1. The number of rotatable bonds is 6. The first kappa shape index (κ1) is 16.1. The van der Waals surface area contributed by atoms with Crippen molar-refractivity contribution in [1.29, 1.82) is 0 Å². The Morgan fingerprint density at radius 1 is 1.26 bits per heavy atom. The van der Waals surface area contributed by atoms with Crippen molar-refractivity contribution in [2.75, 3.05) is 12.4 Å². The van der Waals surface area contributed by atoms with Gasteiger partial charge in [-0.05, 0) is 45.0 Å². The first-order valence-corrected chi connectivity index (χ1v) is 7.33. The fourth-order valence-corrected chi connectivity index (χ4v) is 2.40. The van der Waals surface area contributed by atoms with E-state index in [-0.39, 0.29) is 18.1 Å². The van der Waals surface area contributed by atoms with Crippen LogP contribution < -0.4 is 0 Å². The van der Waals surface area contributed by atoms with Crippen molar-refractivity contribution in [2.45, 2.75) is 25.7 Å². The van der Waals surface area contributed by atoms with Gasteiger partial charge in [-0.25, -0.2) is 0 Å². The van der Waals surface area contributed by atoms with Crippen LogP contribution in [-0.4, -0.2) is 24.1 Å². The monoisotopic (exact) mass is 300 g/mol. The van der Waals surface area contributed by atoms with E-state index >= 15 is 0 Å². The van der Waals surface area contributed by atoms with Gasteiger partial charge >= 0.3 is 5.97 Å². The molecule has 0 saturated heterocycles. The average molecular weight is 301 g/mol. The second kappa shape index (κ2) is 6.96. The minimum absolute atomic E-state index is 0.147. The molecule has 0 amide bonds. The van der Waals surface area contributed by atoms with E-state index in [1.165, 1.54) is 11.8 Å². The van der Waals surface area contributed by atoms with E-state index in [1.807, 2.05) is 12.1 Å². The molecule has 0 heterocycles. The Hall–Kier alpha value is -1.00. The molecule has 0 atom stereocenters. The first-order valence-electron chi connectivity index (χ1n) is 5.96. The second-order valence-corrected chi connectivity index (χ2v) is 6.00. The van der Waals surface area contributed by atoms with Gasteiger partial charge in [0.25, 0.3) is 0 Å². The first-order chi connectivity index (χ1) is 8.87. The Bertz CT molecular complexity index is 454. The molecule has 19 heavy (non-hydrogen) atoms. The van der Waals surface area contributed by atoms with E-state index in [0.29, 0.717) is 5.02 Å². The molecule has 1 aromatic rings. The lowest BCUT2D eigenvalue weighted by Gasteiger charge is -2.20. The number of esters is 1. The van der Waals surface area contributed by atoms with Crippen molar-refractivity contribution >= 4 is 35.1 Å². The van der Waals surface area contributed by atoms with Crippen molar-refractivity contribution in [3.05, 3.63) is 29.3 Å². The van der Waals surface area contributed by atoms with Crippen molar-refractivity contribution in [1.82, 2.24) is 0 Å². The molecule has 0 N–H and O–H groups in total. The molecule has 0 aromatic heterocycles. The molecule has 0 spiro atoms. The van der Waals surface area contributed by atoms with Crippen LogP contribution in [0, 0.1) is 5.41 Å². The van der Waals surface area contributed by atoms with Crippen LogP contribution >= 0.6 is 23.4 Å². The van der Waals surface area contributed by atoms with Crippen LogP contribution in [0.15, 0.2) is 29.2 Å². The minimum atomic E-state index is -1.10. The van der Waals surface area contributed by atoms with Gasteiger partial charge in [-0.3, -0.25) is 9.59 Å². The predicted octanol–water partition coefficient (Wildman–Crippen LogP) is 3.59. The van der Waals surface area contributed by atoms with E-state index in [2.05, 4.69) is 0 Å². The largest absolute Gasteiger partial charge is 0.465 e. The Morgan fingerprint density at radius 2 is 1.84 bits per heavy atom. The predicted molar refractivity (Wildman–Crippen MR) is 77.6 cm³/mol. The van der Waals surface area contributed by atoms with Crippen LogP contribution in [-0.2, 0) is 14.3 Å². The van der Waals surface area contributed by atoms with Gasteiger partial charge in [0.05, 0.1) is 12.4 Å². The topological polar surface area (TPSA) is 43.4 Å². The number of thioether (sulfide) groups is 1. The average Bonchev–Trinajstić information content (AvgIpc) is 2.37. The van der Waals surface area contributed by atoms with Gasteiger partial charge in [-0.2, -0.15) is 0 Å². The third-order valence-electron chi connectivity index (χ3n) is 2.67. The lowest BCUT2D eigenvalue weighted by molar-refractivity contribution is -0.157. The smallest absolute Gasteiger partial charge is 0.319 e. The molecule has 0 aliphatic rings. The number of benzene rings is 1. The molecule has 0 radical (unpaired) electrons. The molecule has 1 rings (SSSR count). The summed E-state index contributed by atoms with van der Waals surface area (Å²) in [6.45, 7) is 5.19. The summed E-state index contributed by atoms with van der Waals surface area (Å²) in [6.07, 6.45) is 0. The fraction of sp³-hybridized carbons (Fsp3) is 0.429. The van der Waals surface area contributed by atoms with Gasteiger partial charge in [-0.1, -0.05) is 11.6 Å². The molecule has 1 aromatic carbocycles. The summed E-state index contributed by atoms with van der Waals surface area (Å²) < 4.78 is 4.91. The maximum Gasteiger partial charge on any atom is 0.319 e. The molecular formula is C14H17ClO3S. The summed E-state index contributed by atoms with van der Waals surface area (Å²) >= 11 is 7.17. The molecule has 0 unspecified atom stereocenters. The van der Waals surface area contributed by atoms with Crippen LogP contribution in [0.25, 0.3) is 0 Å². The summed E-state index contributed by atoms with van der Waals surface area (Å²) in [5, 5.41) is 0.655. The molecule has 0 aliphatic carbocycles. The van der Waals surface area contributed by atoms with Gasteiger partial charge in [0, 0.05) is 9.92 Å². The molecule has 5 heteroatoms. The summed E-state index contributed by atoms with van der Waals surface area (Å²) in [6, 6.07) is 7.23. The third kappa shape index (κ3) is 4.55. The SMILES string of the molecule is CCOC(=O)C(C)(C)C(=O)CSc1ccc(Cl)cc1. The number of hydrogen-bond donors (Lipinski definition) is 0. The normalized spacial score (nSPS) is 11.2. The van der Waals surface area contributed by atoms with Crippen molar-refractivity contribution in [3.63, 3.8) is 0 Å². The highest BCUT2D eigenvalue weighted by atomic mass is 35.5. The minimum Gasteiger partial charge on any atom is -0.465 e. The fourth-order valence-electron chi connectivity index (χ4n) is 1.29. The Kier molecular flexibility index (Phi) is 5.88. The maximum absolute atomic E-state index is 12.1. The quantitative estimate of drug-likeness (QED) is 0.457. The standard InChI is InChI=1S/C14H17ClO3S/c1-4-18-13(17)14(2,3)12(16)9-19-11-7-5-10(15)6-8-11/h5-8H,4,9H2,1-3H3. The van der Waals surface area contributed by atoms with Gasteiger partial charge in [0.2, 0.25) is 0 Å². The van der Waals surface area contributed by atoms with Crippen LogP contribution in [0.4, 0.5) is 0 Å². The van der Waals surface area contributed by atoms with E-state index in [1.54, 1.807) is 32.9 Å². The summed E-state index contributed by atoms with van der Waals surface area (Å²) in [5.41, 5.74) is -1.10. The maximum atomic E-state index is 12.1. The number of Topliss-reactive ketones (excluding diaryl/α,β-unsaturated/α-hetero) is 1. The molecular weight excluding hydrogens is 284 g/mol. The van der Waals surface area contributed by atoms with Crippen LogP contribution in [0.2, 0.25) is 5.02 Å². The lowest BCUT2D eigenvalue weighted by atomic mass is 9.89. The van der Waals surface area contributed by atoms with Gasteiger partial charge < -0.3 is 4.74 Å². The number of ether oxygens (including phenoxy) is 1. The Labute approximate surface area is 122 Å². The number of hydrogen-bond acceptors (Lipinski definition) is 4. The summed E-state index contributed by atoms with van der Waals surface area (Å²) in [4.78, 5) is 24.7. The zero-order valence-corrected chi connectivity index (χ0v) is 12.8. The second-order valence-electron chi connectivity index (χ2n) is 4.51. The molecule has 0 aliphatic heterocycles. The van der Waals surface area contributed by atoms with Crippen LogP contribution in [0.5, 0.6) is 0 Å². The number of carbonyl (C=O) groups is 2. The molecule has 0 saturated carbocycles. The number of halogens is 1. The van der Waals surface area contributed by atoms with Gasteiger partial charge in [-0.15, -0.1) is 11.8 Å². The van der Waals surface area contributed by atoms with E-state index in [0.717, 1.165) is 4.90 Å². The Morgan fingerprint density at radius 3 is 2.37 bits per heavy atom. The summed E-state index contributed by atoms with van der Waals surface area (Å²) in [7, 11) is 0. The van der Waals surface area contributed by atoms with Gasteiger partial charge in [0.1, 0.15) is 5.41 Å². The zero-order valence-electron chi connectivity index (χ0n) is 11.2. The Balaban J connectivity index is 2.59. The highest BCUT2D eigenvalue weighted by molar-refractivity contribution is 8.00. The number of carbonyl (C=O) groups excluding carboxylic acids is 2.